The quantitative estimate of drug-likeness (QED) is 0.696. The van der Waals surface area contributed by atoms with Crippen LogP contribution < -0.4 is 11.1 Å². The highest BCUT2D eigenvalue weighted by atomic mass is 16.2. The van der Waals surface area contributed by atoms with Gasteiger partial charge in [0.2, 0.25) is 5.91 Å². The van der Waals surface area contributed by atoms with E-state index in [0.717, 1.165) is 25.7 Å². The van der Waals surface area contributed by atoms with E-state index in [4.69, 9.17) is 5.73 Å². The summed E-state index contributed by atoms with van der Waals surface area (Å²) >= 11 is 0. The van der Waals surface area contributed by atoms with Gasteiger partial charge in [-0.25, -0.2) is 0 Å². The summed E-state index contributed by atoms with van der Waals surface area (Å²) < 4.78 is 0. The number of carbonyl (C=O) groups is 1. The summed E-state index contributed by atoms with van der Waals surface area (Å²) in [6, 6.07) is 0.435. The zero-order chi connectivity index (χ0) is 9.97. The number of amides is 1. The van der Waals surface area contributed by atoms with Crippen molar-refractivity contribution in [3.05, 3.63) is 0 Å². The lowest BCUT2D eigenvalue weighted by Gasteiger charge is -2.32. The molecule has 3 nitrogen and oxygen atoms in total. The van der Waals surface area contributed by atoms with Gasteiger partial charge in [0.1, 0.15) is 0 Å². The Kier molecular flexibility index (Phi) is 3.06. The highest BCUT2D eigenvalue weighted by Gasteiger charge is 2.29. The van der Waals surface area contributed by atoms with Crippen molar-refractivity contribution in [1.29, 1.82) is 0 Å². The lowest BCUT2D eigenvalue weighted by atomic mass is 9.83. The molecule has 0 radical (unpaired) electrons. The van der Waals surface area contributed by atoms with Crippen molar-refractivity contribution in [2.24, 2.45) is 11.7 Å². The minimum absolute atomic E-state index is 0.188. The zero-order valence-electron chi connectivity index (χ0n) is 8.67. The van der Waals surface area contributed by atoms with E-state index in [9.17, 15) is 4.79 Å². The van der Waals surface area contributed by atoms with Gasteiger partial charge in [0.05, 0.1) is 0 Å². The van der Waals surface area contributed by atoms with Crippen molar-refractivity contribution < 1.29 is 4.79 Å². The van der Waals surface area contributed by atoms with Crippen LogP contribution in [-0.4, -0.2) is 18.0 Å². The second-order valence-electron chi connectivity index (χ2n) is 4.69. The van der Waals surface area contributed by atoms with E-state index in [-0.39, 0.29) is 18.0 Å². The Morgan fingerprint density at radius 3 is 2.36 bits per heavy atom. The second kappa shape index (κ2) is 4.30. The summed E-state index contributed by atoms with van der Waals surface area (Å²) in [6.07, 6.45) is 7.94. The molecular weight excluding hydrogens is 176 g/mol. The fraction of sp³-hybridized carbons (Fsp3) is 0.909. The molecule has 80 valence electrons. The summed E-state index contributed by atoms with van der Waals surface area (Å²) in [5, 5.41) is 3.11. The molecular formula is C11H20N2O. The third-order valence-corrected chi connectivity index (χ3v) is 3.62. The van der Waals surface area contributed by atoms with Gasteiger partial charge in [0.15, 0.2) is 0 Å². The standard InChI is InChI=1S/C11H20N2O/c12-9-6-1-2-7-10(9)13-11(14)8-4-3-5-8/h8-10H,1-7,12H2,(H,13,14)/t9-,10-/m1/s1. The highest BCUT2D eigenvalue weighted by molar-refractivity contribution is 5.79. The van der Waals surface area contributed by atoms with E-state index in [1.54, 1.807) is 0 Å². The number of hydrogen-bond acceptors (Lipinski definition) is 2. The number of nitrogens with two attached hydrogens (primary N) is 1. The molecule has 0 saturated heterocycles. The molecule has 2 rings (SSSR count). The smallest absolute Gasteiger partial charge is 0.223 e. The molecule has 2 aliphatic rings. The van der Waals surface area contributed by atoms with Crippen molar-refractivity contribution in [2.75, 3.05) is 0 Å². The maximum Gasteiger partial charge on any atom is 0.223 e. The van der Waals surface area contributed by atoms with Crippen molar-refractivity contribution in [2.45, 2.75) is 57.0 Å². The molecule has 3 heteroatoms. The van der Waals surface area contributed by atoms with Crippen LogP contribution in [0.15, 0.2) is 0 Å². The molecule has 0 spiro atoms. The Bertz CT molecular complexity index is 213. The molecule has 0 bridgehead atoms. The lowest BCUT2D eigenvalue weighted by Crippen LogP contribution is -2.51. The van der Waals surface area contributed by atoms with Crippen LogP contribution in [0.4, 0.5) is 0 Å². The van der Waals surface area contributed by atoms with Gasteiger partial charge in [-0.3, -0.25) is 4.79 Å². The van der Waals surface area contributed by atoms with Crippen LogP contribution in [0.5, 0.6) is 0 Å². The fourth-order valence-electron chi connectivity index (χ4n) is 2.31. The minimum Gasteiger partial charge on any atom is -0.352 e. The van der Waals surface area contributed by atoms with E-state index in [1.807, 2.05) is 0 Å². The van der Waals surface area contributed by atoms with E-state index in [2.05, 4.69) is 5.32 Å². The first-order chi connectivity index (χ1) is 6.77. The van der Waals surface area contributed by atoms with Crippen LogP contribution in [0.3, 0.4) is 0 Å². The Morgan fingerprint density at radius 1 is 1.07 bits per heavy atom. The number of hydrogen-bond donors (Lipinski definition) is 2. The zero-order valence-corrected chi connectivity index (χ0v) is 8.67. The Balaban J connectivity index is 1.79. The first-order valence-corrected chi connectivity index (χ1v) is 5.83. The molecule has 0 aliphatic heterocycles. The Labute approximate surface area is 85.4 Å². The Morgan fingerprint density at radius 2 is 1.79 bits per heavy atom. The summed E-state index contributed by atoms with van der Waals surface area (Å²) in [5.74, 6) is 0.544. The molecule has 14 heavy (non-hydrogen) atoms. The molecule has 1 amide bonds. The molecule has 0 unspecified atom stereocenters. The lowest BCUT2D eigenvalue weighted by molar-refractivity contribution is -0.128. The van der Waals surface area contributed by atoms with Crippen molar-refractivity contribution in [3.63, 3.8) is 0 Å². The topological polar surface area (TPSA) is 55.1 Å². The summed E-state index contributed by atoms with van der Waals surface area (Å²) in [7, 11) is 0. The van der Waals surface area contributed by atoms with Crippen LogP contribution in [-0.2, 0) is 4.79 Å². The number of rotatable bonds is 2. The van der Waals surface area contributed by atoms with E-state index < -0.39 is 0 Å². The van der Waals surface area contributed by atoms with E-state index >= 15 is 0 Å². The van der Waals surface area contributed by atoms with Crippen LogP contribution >= 0.6 is 0 Å². The first kappa shape index (κ1) is 9.97. The number of nitrogens with one attached hydrogen (secondary N) is 1. The minimum atomic E-state index is 0.188. The fourth-order valence-corrected chi connectivity index (χ4v) is 2.31. The van der Waals surface area contributed by atoms with Gasteiger partial charge >= 0.3 is 0 Å². The van der Waals surface area contributed by atoms with Gasteiger partial charge in [-0.2, -0.15) is 0 Å². The third-order valence-electron chi connectivity index (χ3n) is 3.62. The molecule has 0 aromatic carbocycles. The summed E-state index contributed by atoms with van der Waals surface area (Å²) in [5.41, 5.74) is 5.97. The van der Waals surface area contributed by atoms with Crippen LogP contribution in [0, 0.1) is 5.92 Å². The average molecular weight is 196 g/mol. The SMILES string of the molecule is N[C@@H]1CCCC[C@H]1NC(=O)C1CCC1. The predicted molar refractivity (Wildman–Crippen MR) is 55.7 cm³/mol. The molecule has 0 aromatic rings. The monoisotopic (exact) mass is 196 g/mol. The molecule has 2 aliphatic carbocycles. The van der Waals surface area contributed by atoms with Crippen molar-refractivity contribution in [1.82, 2.24) is 5.32 Å². The Hall–Kier alpha value is -0.570. The molecule has 0 aromatic heterocycles. The van der Waals surface area contributed by atoms with Gasteiger partial charge < -0.3 is 11.1 Å². The van der Waals surface area contributed by atoms with Gasteiger partial charge in [-0.15, -0.1) is 0 Å². The predicted octanol–water partition coefficient (Wildman–Crippen LogP) is 1.17. The molecule has 3 N–H and O–H groups in total. The summed E-state index contributed by atoms with van der Waals surface area (Å²) in [4.78, 5) is 11.7. The van der Waals surface area contributed by atoms with Crippen molar-refractivity contribution in [3.8, 4) is 0 Å². The first-order valence-electron chi connectivity index (χ1n) is 5.83. The van der Waals surface area contributed by atoms with E-state index in [1.165, 1.54) is 19.3 Å². The van der Waals surface area contributed by atoms with Crippen molar-refractivity contribution >= 4 is 5.91 Å². The van der Waals surface area contributed by atoms with E-state index in [0.29, 0.717) is 5.92 Å². The maximum atomic E-state index is 11.7. The van der Waals surface area contributed by atoms with Gasteiger partial charge in [-0.1, -0.05) is 19.3 Å². The molecule has 2 atom stereocenters. The molecule has 2 saturated carbocycles. The van der Waals surface area contributed by atoms with Gasteiger partial charge in [0, 0.05) is 18.0 Å². The maximum absolute atomic E-state index is 11.7. The van der Waals surface area contributed by atoms with Gasteiger partial charge in [0.25, 0.3) is 0 Å². The molecule has 0 heterocycles. The second-order valence-corrected chi connectivity index (χ2v) is 4.69. The normalized spacial score (nSPS) is 33.5. The van der Waals surface area contributed by atoms with Gasteiger partial charge in [-0.05, 0) is 25.7 Å². The number of carbonyl (C=O) groups excluding carboxylic acids is 1. The molecule has 2 fully saturated rings. The highest BCUT2D eigenvalue weighted by Crippen LogP contribution is 2.27. The third kappa shape index (κ3) is 2.08. The van der Waals surface area contributed by atoms with Crippen LogP contribution in [0.2, 0.25) is 0 Å². The average Bonchev–Trinajstić information content (AvgIpc) is 2.05. The largest absolute Gasteiger partial charge is 0.352 e. The summed E-state index contributed by atoms with van der Waals surface area (Å²) in [6.45, 7) is 0. The van der Waals surface area contributed by atoms with Crippen LogP contribution in [0.25, 0.3) is 0 Å². The van der Waals surface area contributed by atoms with Crippen LogP contribution in [0.1, 0.15) is 44.9 Å².